The lowest BCUT2D eigenvalue weighted by Gasteiger charge is -2.30. The smallest absolute Gasteiger partial charge is 0.264 e. The Morgan fingerprint density at radius 1 is 1.43 bits per heavy atom. The fourth-order valence-corrected chi connectivity index (χ4v) is 2.82. The average Bonchev–Trinajstić information content (AvgIpc) is 2.40. The summed E-state index contributed by atoms with van der Waals surface area (Å²) < 4.78 is 15.5. The second kappa shape index (κ2) is 4.84. The Bertz CT molecular complexity index is 822. The Morgan fingerprint density at radius 3 is 2.90 bits per heavy atom. The van der Waals surface area contributed by atoms with Gasteiger partial charge in [0.25, 0.3) is 5.56 Å². The second-order valence-corrected chi connectivity index (χ2v) is 5.28. The van der Waals surface area contributed by atoms with Gasteiger partial charge in [-0.2, -0.15) is 0 Å². The molecule has 1 unspecified atom stereocenters. The number of aromatic nitrogens is 2. The molecule has 1 aliphatic rings. The molecule has 0 spiro atoms. The van der Waals surface area contributed by atoms with E-state index in [4.69, 9.17) is 0 Å². The van der Waals surface area contributed by atoms with E-state index in [0.29, 0.717) is 23.5 Å². The molecule has 0 bridgehead atoms. The van der Waals surface area contributed by atoms with Crippen LogP contribution in [0.5, 0.6) is 0 Å². The highest BCUT2D eigenvalue weighted by molar-refractivity contribution is 5.78. The average molecular weight is 285 g/mol. The van der Waals surface area contributed by atoms with Gasteiger partial charge in [0.1, 0.15) is 17.0 Å². The molecule has 21 heavy (non-hydrogen) atoms. The van der Waals surface area contributed by atoms with E-state index < -0.39 is 5.82 Å². The first-order valence-corrected chi connectivity index (χ1v) is 6.80. The zero-order valence-corrected chi connectivity index (χ0v) is 11.8. The zero-order valence-electron chi connectivity index (χ0n) is 11.8. The molecular formula is C16H16FN3O. The lowest BCUT2D eigenvalue weighted by molar-refractivity contribution is 0.446. The number of hydrogen-bond donors (Lipinski definition) is 1. The molecule has 2 aromatic rings. The van der Waals surface area contributed by atoms with Gasteiger partial charge in [-0.25, -0.2) is 9.37 Å². The normalized spacial score (nSPS) is 18.9. The summed E-state index contributed by atoms with van der Waals surface area (Å²) in [7, 11) is 0. The van der Waals surface area contributed by atoms with Crippen LogP contribution < -0.4 is 10.9 Å². The van der Waals surface area contributed by atoms with Gasteiger partial charge in [0, 0.05) is 11.4 Å². The van der Waals surface area contributed by atoms with Crippen LogP contribution in [0.2, 0.25) is 0 Å². The molecule has 0 radical (unpaired) electrons. The predicted octanol–water partition coefficient (Wildman–Crippen LogP) is 2.80. The highest BCUT2D eigenvalue weighted by Crippen LogP contribution is 2.28. The molecule has 1 aromatic carbocycles. The van der Waals surface area contributed by atoms with Crippen LogP contribution >= 0.6 is 0 Å². The highest BCUT2D eigenvalue weighted by atomic mass is 19.1. The van der Waals surface area contributed by atoms with Crippen molar-refractivity contribution in [2.75, 3.05) is 0 Å². The van der Waals surface area contributed by atoms with Gasteiger partial charge in [-0.1, -0.05) is 19.2 Å². The summed E-state index contributed by atoms with van der Waals surface area (Å²) in [5, 5.41) is 3.10. The minimum absolute atomic E-state index is 0.0281. The van der Waals surface area contributed by atoms with E-state index >= 15 is 0 Å². The first kappa shape index (κ1) is 13.5. The predicted molar refractivity (Wildman–Crippen MR) is 80.4 cm³/mol. The topological polar surface area (TPSA) is 46.9 Å². The van der Waals surface area contributed by atoms with Gasteiger partial charge in [0.2, 0.25) is 0 Å². The minimum Gasteiger partial charge on any atom is -0.362 e. The van der Waals surface area contributed by atoms with Crippen molar-refractivity contribution in [1.82, 2.24) is 14.9 Å². The van der Waals surface area contributed by atoms with Crippen LogP contribution in [0.1, 0.15) is 24.7 Å². The molecule has 1 N–H and O–H groups in total. The number of allylic oxidation sites excluding steroid dienone is 2. The van der Waals surface area contributed by atoms with Crippen molar-refractivity contribution in [2.45, 2.75) is 25.8 Å². The molecule has 0 aliphatic carbocycles. The van der Waals surface area contributed by atoms with Crippen molar-refractivity contribution in [1.29, 1.82) is 0 Å². The Morgan fingerprint density at radius 2 is 2.19 bits per heavy atom. The summed E-state index contributed by atoms with van der Waals surface area (Å²) in [5.41, 5.74) is 1.58. The van der Waals surface area contributed by atoms with E-state index in [2.05, 4.69) is 23.5 Å². The van der Waals surface area contributed by atoms with Crippen molar-refractivity contribution in [3.8, 4) is 0 Å². The Kier molecular flexibility index (Phi) is 3.12. The van der Waals surface area contributed by atoms with Gasteiger partial charge < -0.3 is 5.32 Å². The standard InChI is InChI=1S/C16H16FN3O/c1-9-7-8-14(10(2)18-9)20-11(3)19-13-6-4-5-12(17)15(13)16(20)21/h4-6,14,18H,1-2,7-8H2,3H3. The molecule has 1 aliphatic heterocycles. The fraction of sp³-hybridized carbons (Fsp3) is 0.250. The highest BCUT2D eigenvalue weighted by Gasteiger charge is 2.24. The molecule has 0 amide bonds. The molecule has 3 rings (SSSR count). The van der Waals surface area contributed by atoms with Gasteiger partial charge in [-0.3, -0.25) is 9.36 Å². The van der Waals surface area contributed by atoms with Crippen LogP contribution in [0.4, 0.5) is 4.39 Å². The Labute approximate surface area is 121 Å². The van der Waals surface area contributed by atoms with Gasteiger partial charge in [-0.15, -0.1) is 0 Å². The summed E-state index contributed by atoms with van der Waals surface area (Å²) in [6, 6.07) is 4.24. The monoisotopic (exact) mass is 285 g/mol. The van der Waals surface area contributed by atoms with Gasteiger partial charge in [-0.05, 0) is 31.9 Å². The molecule has 4 nitrogen and oxygen atoms in total. The first-order chi connectivity index (χ1) is 9.99. The van der Waals surface area contributed by atoms with E-state index in [0.717, 1.165) is 12.1 Å². The van der Waals surface area contributed by atoms with Gasteiger partial charge in [0.15, 0.2) is 0 Å². The van der Waals surface area contributed by atoms with Crippen molar-refractivity contribution in [3.63, 3.8) is 0 Å². The van der Waals surface area contributed by atoms with Crippen molar-refractivity contribution in [3.05, 3.63) is 64.7 Å². The van der Waals surface area contributed by atoms with E-state index in [1.807, 2.05) is 0 Å². The van der Waals surface area contributed by atoms with Crippen LogP contribution in [0.25, 0.3) is 10.9 Å². The Hall–Kier alpha value is -2.43. The summed E-state index contributed by atoms with van der Waals surface area (Å²) in [6.45, 7) is 9.57. The largest absolute Gasteiger partial charge is 0.362 e. The Balaban J connectivity index is 2.24. The third-order valence-electron chi connectivity index (χ3n) is 3.83. The molecule has 2 heterocycles. The fourth-order valence-electron chi connectivity index (χ4n) is 2.82. The number of fused-ring (bicyclic) bond motifs is 1. The molecular weight excluding hydrogens is 269 g/mol. The van der Waals surface area contributed by atoms with Gasteiger partial charge >= 0.3 is 0 Å². The molecule has 1 fully saturated rings. The van der Waals surface area contributed by atoms with Crippen LogP contribution in [-0.2, 0) is 0 Å². The number of piperidine rings is 1. The third kappa shape index (κ3) is 2.14. The maximum absolute atomic E-state index is 14.0. The number of rotatable bonds is 1. The third-order valence-corrected chi connectivity index (χ3v) is 3.83. The second-order valence-electron chi connectivity index (χ2n) is 5.28. The van der Waals surface area contributed by atoms with E-state index in [9.17, 15) is 9.18 Å². The van der Waals surface area contributed by atoms with Crippen LogP contribution in [0.15, 0.2) is 47.5 Å². The number of nitrogens with zero attached hydrogens (tertiary/aromatic N) is 2. The zero-order chi connectivity index (χ0) is 15.1. The summed E-state index contributed by atoms with van der Waals surface area (Å²) in [6.07, 6.45) is 1.44. The molecule has 1 saturated heterocycles. The van der Waals surface area contributed by atoms with E-state index in [1.165, 1.54) is 10.6 Å². The van der Waals surface area contributed by atoms with E-state index in [-0.39, 0.29) is 17.0 Å². The number of benzene rings is 1. The summed E-state index contributed by atoms with van der Waals surface area (Å²) in [5.74, 6) is 0.0103. The molecule has 0 saturated carbocycles. The van der Waals surface area contributed by atoms with Crippen LogP contribution in [0.3, 0.4) is 0 Å². The summed E-state index contributed by atoms with van der Waals surface area (Å²) >= 11 is 0. The molecule has 1 aromatic heterocycles. The SMILES string of the molecule is C=C1CCC(n2c(C)nc3cccc(F)c3c2=O)C(=C)N1. The van der Waals surface area contributed by atoms with Crippen LogP contribution in [-0.4, -0.2) is 9.55 Å². The quantitative estimate of drug-likeness (QED) is 0.876. The van der Waals surface area contributed by atoms with E-state index in [1.54, 1.807) is 19.1 Å². The van der Waals surface area contributed by atoms with Gasteiger partial charge in [0.05, 0.1) is 11.6 Å². The van der Waals surface area contributed by atoms with Crippen molar-refractivity contribution >= 4 is 10.9 Å². The van der Waals surface area contributed by atoms with Crippen LogP contribution in [0, 0.1) is 12.7 Å². The maximum atomic E-state index is 14.0. The first-order valence-electron chi connectivity index (χ1n) is 6.80. The molecule has 108 valence electrons. The minimum atomic E-state index is -0.544. The van der Waals surface area contributed by atoms with Crippen molar-refractivity contribution < 1.29 is 4.39 Å². The number of nitrogens with one attached hydrogen (secondary N) is 1. The number of aryl methyl sites for hydroxylation is 1. The molecule has 1 atom stereocenters. The lowest BCUT2D eigenvalue weighted by atomic mass is 10.0. The molecule has 5 heteroatoms. The van der Waals surface area contributed by atoms with Crippen molar-refractivity contribution in [2.24, 2.45) is 0 Å². The summed E-state index contributed by atoms with van der Waals surface area (Å²) in [4.78, 5) is 17.0. The lowest BCUT2D eigenvalue weighted by Crippen LogP contribution is -2.35. The number of halogens is 1. The maximum Gasteiger partial charge on any atom is 0.264 e. The number of hydrogen-bond acceptors (Lipinski definition) is 3.